The van der Waals surface area contributed by atoms with E-state index >= 15 is 0 Å². The predicted octanol–water partition coefficient (Wildman–Crippen LogP) is 5.29. The van der Waals surface area contributed by atoms with E-state index in [0.29, 0.717) is 11.3 Å². The Bertz CT molecular complexity index is 343. The molecule has 1 atom stereocenters. The van der Waals surface area contributed by atoms with E-state index in [9.17, 15) is 4.79 Å². The molecule has 0 aliphatic rings. The van der Waals surface area contributed by atoms with E-state index in [1.165, 1.54) is 19.3 Å². The Morgan fingerprint density at radius 1 is 1.20 bits per heavy atom. The quantitative estimate of drug-likeness (QED) is 0.359. The van der Waals surface area contributed by atoms with Crippen molar-refractivity contribution in [2.24, 2.45) is 11.3 Å². The van der Waals surface area contributed by atoms with Gasteiger partial charge in [0.25, 0.3) is 0 Å². The lowest BCUT2D eigenvalue weighted by molar-refractivity contribution is -0.141. The predicted molar refractivity (Wildman–Crippen MR) is 86.6 cm³/mol. The Morgan fingerprint density at radius 2 is 1.80 bits per heavy atom. The summed E-state index contributed by atoms with van der Waals surface area (Å²) in [6.45, 7) is 14.7. The molecule has 0 amide bonds. The molecule has 0 heterocycles. The summed E-state index contributed by atoms with van der Waals surface area (Å²) in [7, 11) is 0. The highest BCUT2D eigenvalue weighted by atomic mass is 16.5. The normalized spacial score (nSPS) is 14.9. The average Bonchev–Trinajstić information content (AvgIpc) is 2.23. The average molecular weight is 280 g/mol. The molecule has 0 aromatic rings. The summed E-state index contributed by atoms with van der Waals surface area (Å²) in [5.74, 6) is 0.282. The molecule has 0 bridgehead atoms. The van der Waals surface area contributed by atoms with Crippen LogP contribution in [-0.2, 0) is 9.53 Å². The first-order valence-electron chi connectivity index (χ1n) is 7.67. The number of carbonyl (C=O) groups excluding carboxylic acids is 1. The van der Waals surface area contributed by atoms with Crippen LogP contribution in [0.4, 0.5) is 0 Å². The molecule has 0 N–H and O–H groups in total. The van der Waals surface area contributed by atoms with E-state index in [1.807, 2.05) is 26.8 Å². The summed E-state index contributed by atoms with van der Waals surface area (Å²) in [4.78, 5) is 11.5. The number of hydrogen-bond acceptors (Lipinski definition) is 2. The largest absolute Gasteiger partial charge is 0.460 e. The zero-order valence-corrected chi connectivity index (χ0v) is 14.3. The van der Waals surface area contributed by atoms with Crippen LogP contribution in [0.1, 0.15) is 67.7 Å². The smallest absolute Gasteiger partial charge is 0.331 e. The molecule has 0 aliphatic heterocycles. The Balaban J connectivity index is 4.14. The molecule has 0 aromatic carbocycles. The molecule has 0 saturated carbocycles. The first kappa shape index (κ1) is 18.9. The molecule has 2 heteroatoms. The first-order valence-corrected chi connectivity index (χ1v) is 7.67. The Hall–Kier alpha value is -1.05. The van der Waals surface area contributed by atoms with Gasteiger partial charge in [0.1, 0.15) is 0 Å². The minimum atomic E-state index is -0.262. The number of ether oxygens (including phenoxy) is 1. The lowest BCUT2D eigenvalue weighted by Crippen LogP contribution is -2.08. The zero-order valence-electron chi connectivity index (χ0n) is 14.3. The zero-order chi connectivity index (χ0) is 15.8. The van der Waals surface area contributed by atoms with Crippen molar-refractivity contribution in [3.8, 4) is 0 Å². The third-order valence-corrected chi connectivity index (χ3v) is 2.97. The second-order valence-corrected chi connectivity index (χ2v) is 7.16. The fraction of sp³-hybridized carbons (Fsp3) is 0.722. The van der Waals surface area contributed by atoms with E-state index in [0.717, 1.165) is 5.57 Å². The lowest BCUT2D eigenvalue weighted by atomic mass is 9.88. The number of allylic oxidation sites excluding steroid dienone is 3. The molecular formula is C18H32O2. The van der Waals surface area contributed by atoms with E-state index in [-0.39, 0.29) is 12.1 Å². The van der Waals surface area contributed by atoms with Crippen LogP contribution in [0.15, 0.2) is 23.8 Å². The molecule has 116 valence electrons. The van der Waals surface area contributed by atoms with Gasteiger partial charge in [-0.25, -0.2) is 4.79 Å². The maximum absolute atomic E-state index is 11.5. The molecule has 0 spiro atoms. The maximum atomic E-state index is 11.5. The summed E-state index contributed by atoms with van der Waals surface area (Å²) >= 11 is 0. The summed E-state index contributed by atoms with van der Waals surface area (Å²) in [5.41, 5.74) is 1.36. The molecule has 0 aromatic heterocycles. The van der Waals surface area contributed by atoms with Crippen molar-refractivity contribution >= 4 is 5.97 Å². The van der Waals surface area contributed by atoms with Crippen molar-refractivity contribution < 1.29 is 9.53 Å². The van der Waals surface area contributed by atoms with Gasteiger partial charge >= 0.3 is 5.97 Å². The molecule has 0 fully saturated rings. The van der Waals surface area contributed by atoms with Crippen molar-refractivity contribution in [3.05, 3.63) is 23.8 Å². The van der Waals surface area contributed by atoms with E-state index < -0.39 is 0 Å². The van der Waals surface area contributed by atoms with E-state index in [2.05, 4.69) is 33.8 Å². The van der Waals surface area contributed by atoms with Crippen LogP contribution in [-0.4, -0.2) is 12.1 Å². The molecule has 20 heavy (non-hydrogen) atoms. The van der Waals surface area contributed by atoms with Gasteiger partial charge in [0.05, 0.1) is 6.10 Å². The third kappa shape index (κ3) is 12.0. The van der Waals surface area contributed by atoms with Crippen LogP contribution in [0.2, 0.25) is 0 Å². The van der Waals surface area contributed by atoms with Gasteiger partial charge in [-0.2, -0.15) is 0 Å². The number of rotatable bonds is 7. The van der Waals surface area contributed by atoms with Crippen LogP contribution in [0, 0.1) is 11.3 Å². The second-order valence-electron chi connectivity index (χ2n) is 7.16. The SMILES string of the molecule is CC(/C=C/C(C)CCCC(C)(C)C)=C\C(=O)OC(C)C. The van der Waals surface area contributed by atoms with Gasteiger partial charge in [-0.15, -0.1) is 0 Å². The van der Waals surface area contributed by atoms with Crippen molar-refractivity contribution in [1.82, 2.24) is 0 Å². The number of hydrogen-bond donors (Lipinski definition) is 0. The summed E-state index contributed by atoms with van der Waals surface area (Å²) < 4.78 is 5.08. The van der Waals surface area contributed by atoms with Gasteiger partial charge in [-0.05, 0) is 50.5 Å². The van der Waals surface area contributed by atoms with Gasteiger partial charge in [-0.1, -0.05) is 46.3 Å². The van der Waals surface area contributed by atoms with E-state index in [1.54, 1.807) is 6.08 Å². The maximum Gasteiger partial charge on any atom is 0.331 e. The van der Waals surface area contributed by atoms with Crippen LogP contribution < -0.4 is 0 Å². The molecule has 1 unspecified atom stereocenters. The molecule has 0 aliphatic carbocycles. The molecular weight excluding hydrogens is 248 g/mol. The fourth-order valence-electron chi connectivity index (χ4n) is 1.87. The van der Waals surface area contributed by atoms with Crippen LogP contribution in [0.25, 0.3) is 0 Å². The monoisotopic (exact) mass is 280 g/mol. The highest BCUT2D eigenvalue weighted by Crippen LogP contribution is 2.23. The molecule has 2 nitrogen and oxygen atoms in total. The summed E-state index contributed by atoms with van der Waals surface area (Å²) in [5, 5.41) is 0. The van der Waals surface area contributed by atoms with Crippen LogP contribution in [0.5, 0.6) is 0 Å². The minimum Gasteiger partial charge on any atom is -0.460 e. The standard InChI is InChI=1S/C18H32O2/c1-14(2)20-17(19)13-16(4)11-10-15(3)9-8-12-18(5,6)7/h10-11,13-15H,8-9,12H2,1-7H3/b11-10+,16-13+. The lowest BCUT2D eigenvalue weighted by Gasteiger charge is -2.18. The molecule has 0 radical (unpaired) electrons. The summed E-state index contributed by atoms with van der Waals surface area (Å²) in [6.07, 6.45) is 9.37. The van der Waals surface area contributed by atoms with Crippen LogP contribution >= 0.6 is 0 Å². The van der Waals surface area contributed by atoms with E-state index in [4.69, 9.17) is 4.74 Å². The van der Waals surface area contributed by atoms with Gasteiger partial charge in [0.2, 0.25) is 0 Å². The fourth-order valence-corrected chi connectivity index (χ4v) is 1.87. The number of esters is 1. The van der Waals surface area contributed by atoms with Gasteiger partial charge in [0.15, 0.2) is 0 Å². The van der Waals surface area contributed by atoms with Crippen molar-refractivity contribution in [2.75, 3.05) is 0 Å². The minimum absolute atomic E-state index is 0.0631. The van der Waals surface area contributed by atoms with Crippen molar-refractivity contribution in [1.29, 1.82) is 0 Å². The highest BCUT2D eigenvalue weighted by Gasteiger charge is 2.10. The Kier molecular flexibility index (Phi) is 8.52. The topological polar surface area (TPSA) is 26.3 Å². The second kappa shape index (κ2) is 8.99. The van der Waals surface area contributed by atoms with Crippen molar-refractivity contribution in [3.63, 3.8) is 0 Å². The highest BCUT2D eigenvalue weighted by molar-refractivity contribution is 5.83. The van der Waals surface area contributed by atoms with Gasteiger partial charge in [-0.3, -0.25) is 0 Å². The van der Waals surface area contributed by atoms with Crippen molar-refractivity contribution in [2.45, 2.75) is 73.8 Å². The third-order valence-electron chi connectivity index (χ3n) is 2.97. The number of carbonyl (C=O) groups is 1. The Labute approximate surface area is 125 Å². The Morgan fingerprint density at radius 3 is 2.30 bits per heavy atom. The van der Waals surface area contributed by atoms with Crippen LogP contribution in [0.3, 0.4) is 0 Å². The van der Waals surface area contributed by atoms with Gasteiger partial charge < -0.3 is 4.74 Å². The van der Waals surface area contributed by atoms with Gasteiger partial charge in [0, 0.05) is 6.08 Å². The first-order chi connectivity index (χ1) is 9.10. The summed E-state index contributed by atoms with van der Waals surface area (Å²) in [6, 6.07) is 0. The molecule has 0 saturated heterocycles. The molecule has 0 rings (SSSR count).